The molecule has 82 valence electrons. The maximum Gasteiger partial charge on any atom is 0.308 e. The summed E-state index contributed by atoms with van der Waals surface area (Å²) in [6.07, 6.45) is 3.86. The van der Waals surface area contributed by atoms with Crippen molar-refractivity contribution >= 4 is 5.97 Å². The Morgan fingerprint density at radius 3 is 2.79 bits per heavy atom. The zero-order valence-corrected chi connectivity index (χ0v) is 9.16. The summed E-state index contributed by atoms with van der Waals surface area (Å²) in [5.41, 5.74) is 5.81. The van der Waals surface area contributed by atoms with Crippen molar-refractivity contribution in [2.45, 2.75) is 45.6 Å². The minimum Gasteiger partial charge on any atom is -0.465 e. The van der Waals surface area contributed by atoms with Gasteiger partial charge < -0.3 is 10.5 Å². The van der Waals surface area contributed by atoms with Crippen LogP contribution in [-0.4, -0.2) is 18.6 Å². The first-order valence-electron chi connectivity index (χ1n) is 5.51. The van der Waals surface area contributed by atoms with Crippen molar-refractivity contribution in [1.82, 2.24) is 0 Å². The number of esters is 1. The molecule has 0 amide bonds. The molecule has 0 bridgehead atoms. The van der Waals surface area contributed by atoms with Crippen LogP contribution in [0.4, 0.5) is 0 Å². The summed E-state index contributed by atoms with van der Waals surface area (Å²) in [6.45, 7) is 4.62. The summed E-state index contributed by atoms with van der Waals surface area (Å²) in [4.78, 5) is 11.6. The third-order valence-electron chi connectivity index (χ3n) is 2.61. The fraction of sp³-hybridized carbons (Fsp3) is 0.909. The second-order valence-electron chi connectivity index (χ2n) is 4.65. The molecule has 1 rings (SSSR count). The highest BCUT2D eigenvalue weighted by Crippen LogP contribution is 2.24. The van der Waals surface area contributed by atoms with Gasteiger partial charge in [-0.05, 0) is 25.2 Å². The smallest absolute Gasteiger partial charge is 0.308 e. The monoisotopic (exact) mass is 199 g/mol. The van der Waals surface area contributed by atoms with Gasteiger partial charge >= 0.3 is 5.97 Å². The van der Waals surface area contributed by atoms with Crippen LogP contribution in [-0.2, 0) is 9.53 Å². The van der Waals surface area contributed by atoms with E-state index < -0.39 is 0 Å². The molecule has 2 N–H and O–H groups in total. The number of nitrogens with two attached hydrogens (primary N) is 1. The highest BCUT2D eigenvalue weighted by Gasteiger charge is 2.26. The van der Waals surface area contributed by atoms with Gasteiger partial charge in [0.15, 0.2) is 0 Å². The lowest BCUT2D eigenvalue weighted by Crippen LogP contribution is -2.32. The second kappa shape index (κ2) is 5.35. The van der Waals surface area contributed by atoms with Gasteiger partial charge in [-0.3, -0.25) is 4.79 Å². The maximum atomic E-state index is 11.6. The van der Waals surface area contributed by atoms with Crippen LogP contribution in [0.3, 0.4) is 0 Å². The first-order chi connectivity index (χ1) is 6.59. The predicted molar refractivity (Wildman–Crippen MR) is 55.7 cm³/mol. The molecule has 1 fully saturated rings. The third kappa shape index (κ3) is 3.66. The summed E-state index contributed by atoms with van der Waals surface area (Å²) in [6, 6.07) is 0.195. The summed E-state index contributed by atoms with van der Waals surface area (Å²) >= 11 is 0. The van der Waals surface area contributed by atoms with Crippen molar-refractivity contribution in [2.24, 2.45) is 17.6 Å². The van der Waals surface area contributed by atoms with Gasteiger partial charge in [0.1, 0.15) is 0 Å². The summed E-state index contributed by atoms with van der Waals surface area (Å²) < 4.78 is 5.20. The summed E-state index contributed by atoms with van der Waals surface area (Å²) in [5, 5.41) is 0. The average Bonchev–Trinajstić information content (AvgIpc) is 2.14. The molecule has 0 aromatic heterocycles. The Hall–Kier alpha value is -0.570. The van der Waals surface area contributed by atoms with Gasteiger partial charge in [0.25, 0.3) is 0 Å². The van der Waals surface area contributed by atoms with E-state index in [0.29, 0.717) is 12.5 Å². The van der Waals surface area contributed by atoms with Crippen LogP contribution in [0.5, 0.6) is 0 Å². The summed E-state index contributed by atoms with van der Waals surface area (Å²) in [7, 11) is 0. The highest BCUT2D eigenvalue weighted by atomic mass is 16.5. The van der Waals surface area contributed by atoms with Crippen LogP contribution in [0.25, 0.3) is 0 Å². The Kier molecular flexibility index (Phi) is 4.39. The lowest BCUT2D eigenvalue weighted by molar-refractivity contribution is -0.150. The van der Waals surface area contributed by atoms with Gasteiger partial charge in [0, 0.05) is 6.04 Å². The Morgan fingerprint density at radius 1 is 1.50 bits per heavy atom. The second-order valence-corrected chi connectivity index (χ2v) is 4.65. The molecule has 2 unspecified atom stereocenters. The topological polar surface area (TPSA) is 52.3 Å². The lowest BCUT2D eigenvalue weighted by Gasteiger charge is -2.25. The fourth-order valence-corrected chi connectivity index (χ4v) is 1.81. The van der Waals surface area contributed by atoms with Crippen molar-refractivity contribution in [3.63, 3.8) is 0 Å². The Labute approximate surface area is 86.0 Å². The van der Waals surface area contributed by atoms with E-state index in [9.17, 15) is 4.79 Å². The zero-order chi connectivity index (χ0) is 10.6. The van der Waals surface area contributed by atoms with Crippen LogP contribution in [0.1, 0.15) is 39.5 Å². The normalized spacial score (nSPS) is 27.7. The SMILES string of the molecule is CC(C)COC(=O)C1CCCC(N)C1. The molecule has 1 aliphatic rings. The number of hydrogen-bond donors (Lipinski definition) is 1. The largest absolute Gasteiger partial charge is 0.465 e. The van der Waals surface area contributed by atoms with E-state index in [1.807, 2.05) is 13.8 Å². The average molecular weight is 199 g/mol. The first kappa shape index (κ1) is 11.5. The van der Waals surface area contributed by atoms with E-state index in [4.69, 9.17) is 10.5 Å². The molecule has 14 heavy (non-hydrogen) atoms. The van der Waals surface area contributed by atoms with Crippen LogP contribution in [0.2, 0.25) is 0 Å². The molecule has 3 heteroatoms. The van der Waals surface area contributed by atoms with E-state index in [1.165, 1.54) is 0 Å². The van der Waals surface area contributed by atoms with Gasteiger partial charge in [-0.1, -0.05) is 20.3 Å². The minimum absolute atomic E-state index is 0.0474. The zero-order valence-electron chi connectivity index (χ0n) is 9.16. The van der Waals surface area contributed by atoms with Crippen molar-refractivity contribution in [2.75, 3.05) is 6.61 Å². The lowest BCUT2D eigenvalue weighted by atomic mass is 9.86. The van der Waals surface area contributed by atoms with Gasteiger partial charge in [-0.25, -0.2) is 0 Å². The van der Waals surface area contributed by atoms with Crippen molar-refractivity contribution in [3.8, 4) is 0 Å². The summed E-state index contributed by atoms with van der Waals surface area (Å²) in [5.74, 6) is 0.419. The van der Waals surface area contributed by atoms with Gasteiger partial charge in [-0.15, -0.1) is 0 Å². The van der Waals surface area contributed by atoms with Gasteiger partial charge in [0.05, 0.1) is 12.5 Å². The molecule has 0 radical (unpaired) electrons. The van der Waals surface area contributed by atoms with E-state index >= 15 is 0 Å². The quantitative estimate of drug-likeness (QED) is 0.704. The van der Waals surface area contributed by atoms with E-state index in [-0.39, 0.29) is 17.9 Å². The maximum absolute atomic E-state index is 11.6. The number of ether oxygens (including phenoxy) is 1. The highest BCUT2D eigenvalue weighted by molar-refractivity contribution is 5.72. The van der Waals surface area contributed by atoms with Gasteiger partial charge in [-0.2, -0.15) is 0 Å². The third-order valence-corrected chi connectivity index (χ3v) is 2.61. The standard InChI is InChI=1S/C11H21NO2/c1-8(2)7-14-11(13)9-4-3-5-10(12)6-9/h8-10H,3-7,12H2,1-2H3. The number of hydrogen-bond acceptors (Lipinski definition) is 3. The van der Waals surface area contributed by atoms with Crippen molar-refractivity contribution < 1.29 is 9.53 Å². The van der Waals surface area contributed by atoms with Gasteiger partial charge in [0.2, 0.25) is 0 Å². The molecule has 2 atom stereocenters. The molecule has 0 aliphatic heterocycles. The number of carbonyl (C=O) groups is 1. The Bertz CT molecular complexity index is 192. The van der Waals surface area contributed by atoms with E-state index in [1.54, 1.807) is 0 Å². The van der Waals surface area contributed by atoms with Crippen molar-refractivity contribution in [3.05, 3.63) is 0 Å². The fourth-order valence-electron chi connectivity index (χ4n) is 1.81. The van der Waals surface area contributed by atoms with E-state index in [0.717, 1.165) is 25.7 Å². The minimum atomic E-state index is -0.0474. The first-order valence-corrected chi connectivity index (χ1v) is 5.51. The molecule has 1 saturated carbocycles. The predicted octanol–water partition coefficient (Wildman–Crippen LogP) is 1.70. The molecule has 3 nitrogen and oxygen atoms in total. The molecular formula is C11H21NO2. The molecule has 0 saturated heterocycles. The molecule has 0 aromatic rings. The van der Waals surface area contributed by atoms with Crippen LogP contribution in [0, 0.1) is 11.8 Å². The van der Waals surface area contributed by atoms with E-state index in [2.05, 4.69) is 0 Å². The van der Waals surface area contributed by atoms with Crippen LogP contribution in [0.15, 0.2) is 0 Å². The Morgan fingerprint density at radius 2 is 2.21 bits per heavy atom. The van der Waals surface area contributed by atoms with Crippen molar-refractivity contribution in [1.29, 1.82) is 0 Å². The molecule has 0 aromatic carbocycles. The Balaban J connectivity index is 2.29. The number of carbonyl (C=O) groups excluding carboxylic acids is 1. The number of rotatable bonds is 3. The molecular weight excluding hydrogens is 178 g/mol. The molecule has 1 aliphatic carbocycles. The van der Waals surface area contributed by atoms with Crippen LogP contribution < -0.4 is 5.73 Å². The van der Waals surface area contributed by atoms with Crippen LogP contribution >= 0.6 is 0 Å². The molecule has 0 spiro atoms. The molecule has 0 heterocycles.